The van der Waals surface area contributed by atoms with Crippen LogP contribution in [0.4, 0.5) is 0 Å². The fourth-order valence-electron chi connectivity index (χ4n) is 1.58. The fraction of sp³-hybridized carbons (Fsp3) is 0.538. The monoisotopic (exact) mass is 207 g/mol. The third-order valence-electron chi connectivity index (χ3n) is 2.52. The molecular formula is C13H21NO. The van der Waals surface area contributed by atoms with Crippen LogP contribution in [0.5, 0.6) is 0 Å². The van der Waals surface area contributed by atoms with Crippen LogP contribution in [-0.4, -0.2) is 20.3 Å². The lowest BCUT2D eigenvalue weighted by Crippen LogP contribution is -2.26. The lowest BCUT2D eigenvalue weighted by Gasteiger charge is -2.17. The first-order valence-corrected chi connectivity index (χ1v) is 5.51. The van der Waals surface area contributed by atoms with Crippen LogP contribution in [0.2, 0.25) is 0 Å². The van der Waals surface area contributed by atoms with Gasteiger partial charge >= 0.3 is 0 Å². The van der Waals surface area contributed by atoms with Gasteiger partial charge in [0, 0.05) is 26.3 Å². The first kappa shape index (κ1) is 12.2. The molecule has 0 saturated heterocycles. The van der Waals surface area contributed by atoms with Crippen molar-refractivity contribution in [1.82, 2.24) is 5.32 Å². The minimum absolute atomic E-state index is 0.408. The highest BCUT2D eigenvalue weighted by molar-refractivity contribution is 5.17. The average molecular weight is 207 g/mol. The second kappa shape index (κ2) is 6.59. The summed E-state index contributed by atoms with van der Waals surface area (Å²) in [6, 6.07) is 10.9. The number of ether oxygens (including phenoxy) is 1. The van der Waals surface area contributed by atoms with Gasteiger partial charge in [-0.15, -0.1) is 0 Å². The summed E-state index contributed by atoms with van der Waals surface area (Å²) in [5.41, 5.74) is 1.34. The molecule has 0 aliphatic heterocycles. The van der Waals surface area contributed by atoms with Crippen molar-refractivity contribution in [2.45, 2.75) is 19.9 Å². The third-order valence-corrected chi connectivity index (χ3v) is 2.52. The standard InChI is InChI=1S/C13H21NO/c1-11(10-15-3)9-14-12(2)13-7-5-4-6-8-13/h4-8,11-12,14H,9-10H2,1-3H3/t11?,12-/m1/s1. The molecule has 2 nitrogen and oxygen atoms in total. The predicted octanol–water partition coefficient (Wildman–Crippen LogP) is 2.62. The summed E-state index contributed by atoms with van der Waals surface area (Å²) in [5, 5.41) is 3.50. The lowest BCUT2D eigenvalue weighted by molar-refractivity contribution is 0.157. The SMILES string of the molecule is COCC(C)CN[C@H](C)c1ccccc1. The fourth-order valence-corrected chi connectivity index (χ4v) is 1.58. The van der Waals surface area contributed by atoms with Gasteiger partial charge in [-0.2, -0.15) is 0 Å². The summed E-state index contributed by atoms with van der Waals surface area (Å²) >= 11 is 0. The minimum Gasteiger partial charge on any atom is -0.384 e. The molecular weight excluding hydrogens is 186 g/mol. The number of nitrogens with one attached hydrogen (secondary N) is 1. The topological polar surface area (TPSA) is 21.3 Å². The van der Waals surface area contributed by atoms with Gasteiger partial charge in [0.2, 0.25) is 0 Å². The Kier molecular flexibility index (Phi) is 5.37. The maximum atomic E-state index is 5.10. The van der Waals surface area contributed by atoms with Crippen molar-refractivity contribution >= 4 is 0 Å². The van der Waals surface area contributed by atoms with Crippen molar-refractivity contribution in [3.63, 3.8) is 0 Å². The van der Waals surface area contributed by atoms with E-state index in [2.05, 4.69) is 43.4 Å². The molecule has 1 unspecified atom stereocenters. The van der Waals surface area contributed by atoms with Crippen molar-refractivity contribution in [3.8, 4) is 0 Å². The number of benzene rings is 1. The molecule has 0 spiro atoms. The van der Waals surface area contributed by atoms with Crippen LogP contribution in [-0.2, 0) is 4.74 Å². The van der Waals surface area contributed by atoms with Crippen LogP contribution in [0.3, 0.4) is 0 Å². The van der Waals surface area contributed by atoms with Gasteiger partial charge in [-0.05, 0) is 18.4 Å². The molecule has 1 aromatic carbocycles. The normalized spacial score (nSPS) is 14.9. The number of hydrogen-bond donors (Lipinski definition) is 1. The molecule has 1 N–H and O–H groups in total. The molecule has 2 atom stereocenters. The smallest absolute Gasteiger partial charge is 0.0499 e. The predicted molar refractivity (Wildman–Crippen MR) is 63.9 cm³/mol. The molecule has 0 heterocycles. The Balaban J connectivity index is 2.33. The van der Waals surface area contributed by atoms with Gasteiger partial charge in [0.15, 0.2) is 0 Å². The highest BCUT2D eigenvalue weighted by atomic mass is 16.5. The zero-order chi connectivity index (χ0) is 11.1. The van der Waals surface area contributed by atoms with E-state index in [1.165, 1.54) is 5.56 Å². The van der Waals surface area contributed by atoms with E-state index in [4.69, 9.17) is 4.74 Å². The Morgan fingerprint density at radius 3 is 2.47 bits per heavy atom. The first-order valence-electron chi connectivity index (χ1n) is 5.51. The Morgan fingerprint density at radius 1 is 1.20 bits per heavy atom. The first-order chi connectivity index (χ1) is 7.24. The minimum atomic E-state index is 0.408. The van der Waals surface area contributed by atoms with E-state index < -0.39 is 0 Å². The van der Waals surface area contributed by atoms with Gasteiger partial charge in [-0.25, -0.2) is 0 Å². The molecule has 0 aliphatic rings. The number of rotatable bonds is 6. The van der Waals surface area contributed by atoms with Gasteiger partial charge in [-0.1, -0.05) is 37.3 Å². The third kappa shape index (κ3) is 4.45. The Morgan fingerprint density at radius 2 is 1.87 bits per heavy atom. The lowest BCUT2D eigenvalue weighted by atomic mass is 10.1. The molecule has 15 heavy (non-hydrogen) atoms. The second-order valence-electron chi connectivity index (χ2n) is 4.10. The summed E-state index contributed by atoms with van der Waals surface area (Å²) in [5.74, 6) is 0.557. The molecule has 0 aliphatic carbocycles. The summed E-state index contributed by atoms with van der Waals surface area (Å²) in [4.78, 5) is 0. The van der Waals surface area contributed by atoms with Gasteiger partial charge in [0.1, 0.15) is 0 Å². The van der Waals surface area contributed by atoms with E-state index in [0.717, 1.165) is 13.2 Å². The second-order valence-corrected chi connectivity index (χ2v) is 4.10. The molecule has 2 heteroatoms. The van der Waals surface area contributed by atoms with E-state index in [1.54, 1.807) is 7.11 Å². The zero-order valence-corrected chi connectivity index (χ0v) is 9.86. The highest BCUT2D eigenvalue weighted by Gasteiger charge is 2.06. The van der Waals surface area contributed by atoms with E-state index in [-0.39, 0.29) is 0 Å². The van der Waals surface area contributed by atoms with E-state index in [0.29, 0.717) is 12.0 Å². The van der Waals surface area contributed by atoms with E-state index in [9.17, 15) is 0 Å². The molecule has 84 valence electrons. The van der Waals surface area contributed by atoms with E-state index in [1.807, 2.05) is 6.07 Å². The largest absolute Gasteiger partial charge is 0.384 e. The number of methoxy groups -OCH3 is 1. The maximum Gasteiger partial charge on any atom is 0.0499 e. The molecule has 0 aromatic heterocycles. The molecule has 0 fully saturated rings. The Hall–Kier alpha value is -0.860. The quantitative estimate of drug-likeness (QED) is 0.774. The molecule has 0 amide bonds. The van der Waals surface area contributed by atoms with Crippen molar-refractivity contribution in [1.29, 1.82) is 0 Å². The van der Waals surface area contributed by atoms with Crippen molar-refractivity contribution < 1.29 is 4.74 Å². The van der Waals surface area contributed by atoms with Crippen LogP contribution >= 0.6 is 0 Å². The van der Waals surface area contributed by atoms with Crippen LogP contribution in [0.25, 0.3) is 0 Å². The zero-order valence-electron chi connectivity index (χ0n) is 9.86. The van der Waals surface area contributed by atoms with Gasteiger partial charge in [0.25, 0.3) is 0 Å². The molecule has 0 radical (unpaired) electrons. The van der Waals surface area contributed by atoms with Crippen LogP contribution in [0.1, 0.15) is 25.5 Å². The Labute approximate surface area is 92.6 Å². The summed E-state index contributed by atoms with van der Waals surface area (Å²) in [6.07, 6.45) is 0. The van der Waals surface area contributed by atoms with Crippen LogP contribution < -0.4 is 5.32 Å². The van der Waals surface area contributed by atoms with Crippen LogP contribution in [0.15, 0.2) is 30.3 Å². The Bertz CT molecular complexity index is 260. The summed E-state index contributed by atoms with van der Waals surface area (Å²) in [6.45, 7) is 6.18. The van der Waals surface area contributed by atoms with Crippen molar-refractivity contribution in [3.05, 3.63) is 35.9 Å². The van der Waals surface area contributed by atoms with Crippen molar-refractivity contribution in [2.24, 2.45) is 5.92 Å². The van der Waals surface area contributed by atoms with Gasteiger partial charge in [-0.3, -0.25) is 0 Å². The molecule has 0 bridgehead atoms. The molecule has 1 rings (SSSR count). The van der Waals surface area contributed by atoms with Gasteiger partial charge in [0.05, 0.1) is 0 Å². The summed E-state index contributed by atoms with van der Waals surface area (Å²) < 4.78 is 5.10. The highest BCUT2D eigenvalue weighted by Crippen LogP contribution is 2.11. The maximum absolute atomic E-state index is 5.10. The summed E-state index contributed by atoms with van der Waals surface area (Å²) in [7, 11) is 1.75. The van der Waals surface area contributed by atoms with Crippen molar-refractivity contribution in [2.75, 3.05) is 20.3 Å². The van der Waals surface area contributed by atoms with Gasteiger partial charge < -0.3 is 10.1 Å². The molecule has 0 saturated carbocycles. The van der Waals surface area contributed by atoms with E-state index >= 15 is 0 Å². The average Bonchev–Trinajstić information content (AvgIpc) is 2.27. The number of hydrogen-bond acceptors (Lipinski definition) is 2. The molecule has 1 aromatic rings. The van der Waals surface area contributed by atoms with Crippen LogP contribution in [0, 0.1) is 5.92 Å².